The molecule has 5 aromatic rings. The number of halogens is 2. The molecule has 5 aromatic carbocycles. The molecule has 240 valence electrons. The minimum absolute atomic E-state index is 0.0240. The predicted octanol–water partition coefficient (Wildman–Crippen LogP) is 9.79. The molecule has 0 saturated heterocycles. The van der Waals surface area contributed by atoms with Crippen molar-refractivity contribution in [2.24, 2.45) is 0 Å². The first-order valence-corrected chi connectivity index (χ1v) is 15.6. The molecule has 8 heteroatoms. The van der Waals surface area contributed by atoms with Gasteiger partial charge in [-0.25, -0.2) is 4.39 Å². The number of nitrogens with one attached hydrogen (secondary N) is 2. The Kier molecular flexibility index (Phi) is 10.3. The van der Waals surface area contributed by atoms with Gasteiger partial charge in [-0.3, -0.25) is 9.59 Å². The van der Waals surface area contributed by atoms with Crippen molar-refractivity contribution in [3.8, 4) is 22.6 Å². The van der Waals surface area contributed by atoms with Crippen molar-refractivity contribution >= 4 is 29.2 Å². The molecule has 3 N–H and O–H groups in total. The number of aliphatic carboxylic acids is 1. The number of hydrogen-bond acceptors (Lipinski definition) is 4. The topological polar surface area (TPSA) is 87.7 Å². The standard InChI is InChI=1S/C39H36ClFN2O4/c1-39(2,3)29-15-9-25(10-16-29)24-42-35-20-18-30(47-31-17-19-34(41)33(40)22-31)21-32(35)38(46)43-36(23-37(44)45)28-13-11-27(12-14-28)26-7-5-4-6-8-26/h4-22,36,42H,23-24H2,1-3H3,(H,43,46)(H,44,45). The van der Waals surface area contributed by atoms with Gasteiger partial charge < -0.3 is 20.5 Å². The van der Waals surface area contributed by atoms with Crippen LogP contribution in [0.3, 0.4) is 0 Å². The first-order chi connectivity index (χ1) is 22.5. The first kappa shape index (κ1) is 33.2. The zero-order valence-electron chi connectivity index (χ0n) is 26.4. The van der Waals surface area contributed by atoms with Crippen LogP contribution in [0.1, 0.15) is 60.3 Å². The van der Waals surface area contributed by atoms with Gasteiger partial charge in [-0.1, -0.05) is 111 Å². The smallest absolute Gasteiger partial charge is 0.305 e. The normalized spacial score (nSPS) is 11.9. The SMILES string of the molecule is CC(C)(C)c1ccc(CNc2ccc(Oc3ccc(F)c(Cl)c3)cc2C(=O)NC(CC(=O)O)c2ccc(-c3ccccc3)cc2)cc1. The molecule has 0 heterocycles. The summed E-state index contributed by atoms with van der Waals surface area (Å²) in [5, 5.41) is 15.9. The van der Waals surface area contributed by atoms with Crippen molar-refractivity contribution in [3.63, 3.8) is 0 Å². The van der Waals surface area contributed by atoms with Crippen LogP contribution < -0.4 is 15.4 Å². The fraction of sp³-hybridized carbons (Fsp3) is 0.179. The second-order valence-electron chi connectivity index (χ2n) is 12.3. The number of anilines is 1. The van der Waals surface area contributed by atoms with Crippen LogP contribution >= 0.6 is 11.6 Å². The van der Waals surface area contributed by atoms with Crippen LogP contribution in [0.4, 0.5) is 10.1 Å². The highest BCUT2D eigenvalue weighted by molar-refractivity contribution is 6.30. The molecule has 0 spiro atoms. The highest BCUT2D eigenvalue weighted by Crippen LogP contribution is 2.31. The molecule has 5 rings (SSSR count). The predicted molar refractivity (Wildman–Crippen MR) is 185 cm³/mol. The third kappa shape index (κ3) is 8.77. The van der Waals surface area contributed by atoms with E-state index in [1.807, 2.05) is 66.7 Å². The first-order valence-electron chi connectivity index (χ1n) is 15.2. The molecule has 1 amide bonds. The van der Waals surface area contributed by atoms with Crippen LogP contribution in [0.2, 0.25) is 5.02 Å². The number of benzene rings is 5. The van der Waals surface area contributed by atoms with E-state index in [-0.39, 0.29) is 22.4 Å². The lowest BCUT2D eigenvalue weighted by atomic mass is 9.87. The minimum Gasteiger partial charge on any atom is -0.481 e. The Morgan fingerprint density at radius 3 is 2.11 bits per heavy atom. The third-order valence-electron chi connectivity index (χ3n) is 7.77. The van der Waals surface area contributed by atoms with Crippen molar-refractivity contribution < 1.29 is 23.8 Å². The molecule has 0 aliphatic carbocycles. The summed E-state index contributed by atoms with van der Waals surface area (Å²) >= 11 is 5.95. The summed E-state index contributed by atoms with van der Waals surface area (Å²) in [5.41, 5.74) is 5.69. The Bertz CT molecular complexity index is 1850. The fourth-order valence-electron chi connectivity index (χ4n) is 5.13. The van der Waals surface area contributed by atoms with Gasteiger partial charge in [-0.2, -0.15) is 0 Å². The molecule has 0 aliphatic heterocycles. The van der Waals surface area contributed by atoms with E-state index in [1.54, 1.807) is 18.2 Å². The molecule has 47 heavy (non-hydrogen) atoms. The molecule has 1 atom stereocenters. The van der Waals surface area contributed by atoms with E-state index in [0.717, 1.165) is 16.7 Å². The summed E-state index contributed by atoms with van der Waals surface area (Å²) in [6.45, 7) is 6.91. The second-order valence-corrected chi connectivity index (χ2v) is 12.7. The monoisotopic (exact) mass is 650 g/mol. The summed E-state index contributed by atoms with van der Waals surface area (Å²) in [6, 6.07) is 33.7. The van der Waals surface area contributed by atoms with Crippen molar-refractivity contribution in [1.29, 1.82) is 0 Å². The van der Waals surface area contributed by atoms with E-state index < -0.39 is 23.7 Å². The molecule has 0 aromatic heterocycles. The minimum atomic E-state index is -1.05. The van der Waals surface area contributed by atoms with Crippen LogP contribution in [0.15, 0.2) is 115 Å². The number of rotatable bonds is 11. The molecular weight excluding hydrogens is 615 g/mol. The Morgan fingerprint density at radius 2 is 1.47 bits per heavy atom. The summed E-state index contributed by atoms with van der Waals surface area (Å²) < 4.78 is 19.7. The number of carbonyl (C=O) groups is 2. The molecule has 6 nitrogen and oxygen atoms in total. The van der Waals surface area contributed by atoms with Crippen LogP contribution in [0.25, 0.3) is 11.1 Å². The number of amides is 1. The van der Waals surface area contributed by atoms with Gasteiger partial charge in [0.25, 0.3) is 5.91 Å². The summed E-state index contributed by atoms with van der Waals surface area (Å²) in [7, 11) is 0. The molecule has 0 radical (unpaired) electrons. The van der Waals surface area contributed by atoms with E-state index in [2.05, 4.69) is 43.5 Å². The lowest BCUT2D eigenvalue weighted by Crippen LogP contribution is -2.30. The summed E-state index contributed by atoms with van der Waals surface area (Å²) in [5.74, 6) is -1.50. The van der Waals surface area contributed by atoms with Gasteiger partial charge in [-0.15, -0.1) is 0 Å². The average Bonchev–Trinajstić information content (AvgIpc) is 3.05. The van der Waals surface area contributed by atoms with Gasteiger partial charge in [0, 0.05) is 18.3 Å². The average molecular weight is 651 g/mol. The Labute approximate surface area is 279 Å². The van der Waals surface area contributed by atoms with E-state index in [0.29, 0.717) is 29.3 Å². The zero-order valence-corrected chi connectivity index (χ0v) is 27.1. The number of carboxylic acids is 1. The zero-order chi connectivity index (χ0) is 33.6. The number of carboxylic acid groups (broad SMARTS) is 1. The third-order valence-corrected chi connectivity index (χ3v) is 8.06. The highest BCUT2D eigenvalue weighted by Gasteiger charge is 2.22. The van der Waals surface area contributed by atoms with Crippen LogP contribution in [-0.4, -0.2) is 17.0 Å². The van der Waals surface area contributed by atoms with Crippen molar-refractivity contribution in [2.75, 3.05) is 5.32 Å². The summed E-state index contributed by atoms with van der Waals surface area (Å²) in [4.78, 5) is 25.8. The van der Waals surface area contributed by atoms with E-state index in [9.17, 15) is 19.1 Å². The Morgan fingerprint density at radius 1 is 0.830 bits per heavy atom. The van der Waals surface area contributed by atoms with Crippen LogP contribution in [0.5, 0.6) is 11.5 Å². The van der Waals surface area contributed by atoms with E-state index in [4.69, 9.17) is 16.3 Å². The number of ether oxygens (including phenoxy) is 1. The largest absolute Gasteiger partial charge is 0.481 e. The fourth-order valence-corrected chi connectivity index (χ4v) is 5.30. The maximum absolute atomic E-state index is 13.9. The number of carbonyl (C=O) groups excluding carboxylic acids is 1. The highest BCUT2D eigenvalue weighted by atomic mass is 35.5. The van der Waals surface area contributed by atoms with Crippen molar-refractivity contribution in [3.05, 3.63) is 148 Å². The maximum atomic E-state index is 13.9. The molecule has 0 saturated carbocycles. The number of hydrogen-bond donors (Lipinski definition) is 3. The van der Waals surface area contributed by atoms with Crippen molar-refractivity contribution in [2.45, 2.75) is 45.2 Å². The van der Waals surface area contributed by atoms with Gasteiger partial charge in [0.2, 0.25) is 0 Å². The molecule has 0 bridgehead atoms. The molecule has 1 unspecified atom stereocenters. The van der Waals surface area contributed by atoms with Crippen LogP contribution in [0, 0.1) is 5.82 Å². The van der Waals surface area contributed by atoms with Crippen LogP contribution in [-0.2, 0) is 16.8 Å². The van der Waals surface area contributed by atoms with Crippen molar-refractivity contribution in [1.82, 2.24) is 5.32 Å². The lowest BCUT2D eigenvalue weighted by molar-refractivity contribution is -0.137. The molecule has 0 aliphatic rings. The van der Waals surface area contributed by atoms with Gasteiger partial charge in [-0.05, 0) is 63.6 Å². The second kappa shape index (κ2) is 14.5. The van der Waals surface area contributed by atoms with Gasteiger partial charge in [0.05, 0.1) is 23.0 Å². The Balaban J connectivity index is 1.42. The van der Waals surface area contributed by atoms with E-state index in [1.165, 1.54) is 23.8 Å². The van der Waals surface area contributed by atoms with Gasteiger partial charge in [0.1, 0.15) is 17.3 Å². The quantitative estimate of drug-likeness (QED) is 0.132. The maximum Gasteiger partial charge on any atom is 0.305 e. The van der Waals surface area contributed by atoms with Gasteiger partial charge >= 0.3 is 5.97 Å². The molecule has 0 fully saturated rings. The Hall–Kier alpha value is -5.14. The summed E-state index contributed by atoms with van der Waals surface area (Å²) in [6.07, 6.45) is -0.316. The van der Waals surface area contributed by atoms with Gasteiger partial charge in [0.15, 0.2) is 0 Å². The van der Waals surface area contributed by atoms with E-state index >= 15 is 0 Å². The molecular formula is C39H36ClFN2O4. The lowest BCUT2D eigenvalue weighted by Gasteiger charge is -2.21.